The molecule has 2 aromatic carbocycles. The maximum Gasteiger partial charge on any atom is 0.162 e. The largest absolute Gasteiger partial charge is 0.369 e. The minimum Gasteiger partial charge on any atom is -0.369 e. The van der Waals surface area contributed by atoms with Gasteiger partial charge in [-0.15, -0.1) is 0 Å². The van der Waals surface area contributed by atoms with Crippen LogP contribution >= 0.6 is 0 Å². The number of nitrogens with zero attached hydrogens (tertiary/aromatic N) is 3. The van der Waals surface area contributed by atoms with Crippen LogP contribution in [0.15, 0.2) is 60.7 Å². The summed E-state index contributed by atoms with van der Waals surface area (Å²) in [5, 5.41) is 3.30. The van der Waals surface area contributed by atoms with Crippen LogP contribution in [0.3, 0.4) is 0 Å². The Labute approximate surface area is 147 Å². The van der Waals surface area contributed by atoms with Gasteiger partial charge in [0.2, 0.25) is 0 Å². The lowest BCUT2D eigenvalue weighted by Crippen LogP contribution is -2.21. The summed E-state index contributed by atoms with van der Waals surface area (Å²) in [6, 6.07) is 18.2. The van der Waals surface area contributed by atoms with Gasteiger partial charge in [0.15, 0.2) is 5.82 Å². The van der Waals surface area contributed by atoms with E-state index in [1.165, 1.54) is 6.07 Å². The Morgan fingerprint density at radius 1 is 0.960 bits per heavy atom. The summed E-state index contributed by atoms with van der Waals surface area (Å²) in [7, 11) is 4.03. The van der Waals surface area contributed by atoms with Gasteiger partial charge in [-0.1, -0.05) is 42.5 Å². The zero-order valence-corrected chi connectivity index (χ0v) is 14.4. The first-order valence-corrected chi connectivity index (χ1v) is 8.21. The van der Waals surface area contributed by atoms with E-state index in [0.717, 1.165) is 18.7 Å². The lowest BCUT2D eigenvalue weighted by molar-refractivity contribution is 0.425. The van der Waals surface area contributed by atoms with E-state index >= 15 is 0 Å². The van der Waals surface area contributed by atoms with E-state index in [0.29, 0.717) is 22.9 Å². The van der Waals surface area contributed by atoms with Crippen LogP contribution in [0, 0.1) is 5.82 Å². The smallest absolute Gasteiger partial charge is 0.162 e. The Hall–Kier alpha value is -2.79. The SMILES string of the molecule is CN(C)CCNc1cc(-c2ccccc2F)nc(-c2ccccc2)n1. The van der Waals surface area contributed by atoms with Gasteiger partial charge in [0.1, 0.15) is 11.6 Å². The highest BCUT2D eigenvalue weighted by molar-refractivity contribution is 5.67. The number of anilines is 1. The average molecular weight is 336 g/mol. The fourth-order valence-corrected chi connectivity index (χ4v) is 2.47. The van der Waals surface area contributed by atoms with Gasteiger partial charge in [0, 0.05) is 30.3 Å². The van der Waals surface area contributed by atoms with Gasteiger partial charge in [-0.05, 0) is 26.2 Å². The van der Waals surface area contributed by atoms with Crippen LogP contribution < -0.4 is 5.32 Å². The monoisotopic (exact) mass is 336 g/mol. The topological polar surface area (TPSA) is 41.0 Å². The number of hydrogen-bond donors (Lipinski definition) is 1. The normalized spacial score (nSPS) is 10.9. The van der Waals surface area contributed by atoms with Crippen molar-refractivity contribution in [1.29, 1.82) is 0 Å². The molecule has 0 aliphatic rings. The predicted molar refractivity (Wildman–Crippen MR) is 99.9 cm³/mol. The quantitative estimate of drug-likeness (QED) is 0.741. The van der Waals surface area contributed by atoms with Crippen molar-refractivity contribution in [2.75, 3.05) is 32.5 Å². The van der Waals surface area contributed by atoms with Gasteiger partial charge in [-0.2, -0.15) is 0 Å². The molecular weight excluding hydrogens is 315 g/mol. The molecule has 25 heavy (non-hydrogen) atoms. The molecule has 0 amide bonds. The highest BCUT2D eigenvalue weighted by Gasteiger charge is 2.11. The fraction of sp³-hybridized carbons (Fsp3) is 0.200. The van der Waals surface area contributed by atoms with E-state index < -0.39 is 0 Å². The van der Waals surface area contributed by atoms with Gasteiger partial charge in [0.05, 0.1) is 5.69 Å². The van der Waals surface area contributed by atoms with E-state index in [4.69, 9.17) is 0 Å². The van der Waals surface area contributed by atoms with Crippen LogP contribution in [0.2, 0.25) is 0 Å². The third-order valence-electron chi connectivity index (χ3n) is 3.77. The molecule has 3 aromatic rings. The minimum absolute atomic E-state index is 0.292. The summed E-state index contributed by atoms with van der Waals surface area (Å²) < 4.78 is 14.2. The molecule has 0 radical (unpaired) electrons. The lowest BCUT2D eigenvalue weighted by atomic mass is 10.1. The molecule has 0 spiro atoms. The van der Waals surface area contributed by atoms with Crippen LogP contribution in [-0.4, -0.2) is 42.1 Å². The molecule has 0 atom stereocenters. The second-order valence-corrected chi connectivity index (χ2v) is 6.04. The third-order valence-corrected chi connectivity index (χ3v) is 3.77. The first kappa shape index (κ1) is 17.0. The number of aromatic nitrogens is 2. The fourth-order valence-electron chi connectivity index (χ4n) is 2.47. The Bertz CT molecular complexity index is 834. The molecule has 5 heteroatoms. The molecule has 1 aromatic heterocycles. The standard InChI is InChI=1S/C20H21FN4/c1-25(2)13-12-22-19-14-18(16-10-6-7-11-17(16)21)23-20(24-19)15-8-4-3-5-9-15/h3-11,14H,12-13H2,1-2H3,(H,22,23,24). The highest BCUT2D eigenvalue weighted by atomic mass is 19.1. The Balaban J connectivity index is 2.01. The van der Waals surface area contributed by atoms with Crippen molar-refractivity contribution in [1.82, 2.24) is 14.9 Å². The number of hydrogen-bond acceptors (Lipinski definition) is 4. The molecule has 0 aliphatic heterocycles. The second kappa shape index (κ2) is 7.85. The summed E-state index contributed by atoms with van der Waals surface area (Å²) in [5.41, 5.74) is 1.94. The molecule has 1 N–H and O–H groups in total. The lowest BCUT2D eigenvalue weighted by Gasteiger charge is -2.13. The second-order valence-electron chi connectivity index (χ2n) is 6.04. The number of benzene rings is 2. The van der Waals surface area contributed by atoms with Crippen LogP contribution in [0.4, 0.5) is 10.2 Å². The third kappa shape index (κ3) is 4.39. The van der Waals surface area contributed by atoms with Crippen LogP contribution in [0.25, 0.3) is 22.6 Å². The van der Waals surface area contributed by atoms with Crippen molar-refractivity contribution in [3.05, 3.63) is 66.5 Å². The molecule has 0 fully saturated rings. The molecular formula is C20H21FN4. The molecule has 0 unspecified atom stereocenters. The number of nitrogens with one attached hydrogen (secondary N) is 1. The van der Waals surface area contributed by atoms with Crippen molar-refractivity contribution < 1.29 is 4.39 Å². The van der Waals surface area contributed by atoms with Crippen molar-refractivity contribution in [3.63, 3.8) is 0 Å². The molecule has 0 saturated heterocycles. The van der Waals surface area contributed by atoms with Crippen molar-refractivity contribution >= 4 is 5.82 Å². The molecule has 1 heterocycles. The summed E-state index contributed by atoms with van der Waals surface area (Å²) in [6.45, 7) is 1.62. The van der Waals surface area contributed by atoms with E-state index in [-0.39, 0.29) is 5.82 Å². The number of rotatable bonds is 6. The Kier molecular flexibility index (Phi) is 5.36. The molecule has 128 valence electrons. The van der Waals surface area contributed by atoms with Gasteiger partial charge in [-0.25, -0.2) is 14.4 Å². The van der Waals surface area contributed by atoms with Gasteiger partial charge >= 0.3 is 0 Å². The molecule has 0 saturated carbocycles. The van der Waals surface area contributed by atoms with Crippen molar-refractivity contribution in [2.24, 2.45) is 0 Å². The zero-order valence-electron chi connectivity index (χ0n) is 14.4. The van der Waals surface area contributed by atoms with Crippen molar-refractivity contribution in [2.45, 2.75) is 0 Å². The summed E-state index contributed by atoms with van der Waals surface area (Å²) in [6.07, 6.45) is 0. The number of likely N-dealkylation sites (N-methyl/N-ethyl adjacent to an activating group) is 1. The van der Waals surface area contributed by atoms with Crippen LogP contribution in [-0.2, 0) is 0 Å². The number of halogens is 1. The summed E-state index contributed by atoms with van der Waals surface area (Å²) in [5.74, 6) is 0.974. The Morgan fingerprint density at radius 3 is 2.40 bits per heavy atom. The Morgan fingerprint density at radius 2 is 1.68 bits per heavy atom. The molecule has 0 aliphatic carbocycles. The predicted octanol–water partition coefficient (Wildman–Crippen LogP) is 3.92. The van der Waals surface area contributed by atoms with Crippen LogP contribution in [0.5, 0.6) is 0 Å². The van der Waals surface area contributed by atoms with E-state index in [1.807, 2.05) is 50.5 Å². The van der Waals surface area contributed by atoms with Gasteiger partial charge in [0.25, 0.3) is 0 Å². The molecule has 0 bridgehead atoms. The van der Waals surface area contributed by atoms with Crippen molar-refractivity contribution in [3.8, 4) is 22.6 Å². The van der Waals surface area contributed by atoms with E-state index in [9.17, 15) is 4.39 Å². The first-order chi connectivity index (χ1) is 12.1. The zero-order chi connectivity index (χ0) is 17.6. The first-order valence-electron chi connectivity index (χ1n) is 8.21. The van der Waals surface area contributed by atoms with Crippen LogP contribution in [0.1, 0.15) is 0 Å². The average Bonchev–Trinajstić information content (AvgIpc) is 2.62. The minimum atomic E-state index is -0.292. The maximum atomic E-state index is 14.2. The molecule has 4 nitrogen and oxygen atoms in total. The maximum absolute atomic E-state index is 14.2. The van der Waals surface area contributed by atoms with Gasteiger partial charge in [-0.3, -0.25) is 0 Å². The van der Waals surface area contributed by atoms with E-state index in [2.05, 4.69) is 20.2 Å². The van der Waals surface area contributed by atoms with Gasteiger partial charge < -0.3 is 10.2 Å². The highest BCUT2D eigenvalue weighted by Crippen LogP contribution is 2.26. The van der Waals surface area contributed by atoms with E-state index in [1.54, 1.807) is 18.2 Å². The summed E-state index contributed by atoms with van der Waals surface area (Å²) in [4.78, 5) is 11.3. The molecule has 3 rings (SSSR count). The summed E-state index contributed by atoms with van der Waals surface area (Å²) >= 11 is 0.